The van der Waals surface area contributed by atoms with Crippen LogP contribution in [0.3, 0.4) is 0 Å². The Morgan fingerprint density at radius 2 is 0.635 bits per heavy atom. The molecule has 0 amide bonds. The molecule has 0 aromatic carbocycles. The van der Waals surface area contributed by atoms with Crippen LogP contribution in [0.1, 0.15) is 439 Å². The minimum absolute atomic E-state index is 0. The SMILES string of the molecule is C.C.C.C.C.C.C.C.C.C.CCC(C)(C)C(=O)OC(C)(C)C12CC3C4CC5CC3C(C1)C(C5)C4C2.CCC(C)(C)C(=O)OC(C)(C)C12CC3CC4C5CC(CC41)CC2C5C3.CCC(C)(C)C(=O)OC(C)(C)C1CC2CCC1C2.CCC(C)(C)C(=O)OC(C)OC12CC3C4CC5CC3C(C1)C(C5)C4C2.CCC(C)(C)C(=O)OC1(C)C2CC3C4CC5CC3C1C(C5)C4C2. The van der Waals surface area contributed by atoms with Crippen LogP contribution < -0.4 is 0 Å². The van der Waals surface area contributed by atoms with Crippen molar-refractivity contribution in [2.45, 2.75) is 473 Å². The maximum atomic E-state index is 13.0. The maximum Gasteiger partial charge on any atom is 0.313 e. The molecule has 30 aliphatic carbocycles. The molecule has 30 saturated carbocycles. The van der Waals surface area contributed by atoms with E-state index in [0.29, 0.717) is 17.8 Å². The van der Waals surface area contributed by atoms with Gasteiger partial charge in [-0.15, -0.1) is 0 Å². The van der Waals surface area contributed by atoms with Gasteiger partial charge in [-0.1, -0.05) is 115 Å². The summed E-state index contributed by atoms with van der Waals surface area (Å²) in [5, 5.41) is 0. The molecule has 11 heteroatoms. The highest BCUT2D eigenvalue weighted by atomic mass is 16.7. The Bertz CT molecular complexity index is 3590. The first-order valence-corrected chi connectivity index (χ1v) is 50.1. The van der Waals surface area contributed by atoms with E-state index in [-0.39, 0.29) is 165 Å². The van der Waals surface area contributed by atoms with E-state index in [0.717, 1.165) is 204 Å². The number of ether oxygens (including phenoxy) is 6. The van der Waals surface area contributed by atoms with Crippen molar-refractivity contribution in [3.63, 3.8) is 0 Å². The van der Waals surface area contributed by atoms with Crippen LogP contribution in [-0.2, 0) is 52.4 Å². The van der Waals surface area contributed by atoms with Crippen molar-refractivity contribution in [2.75, 3.05) is 0 Å². The van der Waals surface area contributed by atoms with Crippen molar-refractivity contribution in [3.05, 3.63) is 0 Å². The number of esters is 5. The Morgan fingerprint density at radius 1 is 0.317 bits per heavy atom. The standard InChI is InChI=1S/2C23H36O2.C22H34O3.C21H32O2.C16H28O2.10CH4/c1-6-21(2,3)20(24)25-22(4,5)23-12-14-8-16-15-7-13(10-18(16)23)11-19(23)17(15)9-14;1-6-21(2,3)20(24)25-22(4,5)23-10-17-14-7-13-8-15(17)19(12-23)16(9-13)18(14)11-23;1-5-21(3,4)20(23)24-12(2)25-22-9-17-14-6-13-7-15(17)19(11-22)16(8-13)18(14)10-22;1-5-20(2,3)19(22)23-21(4)12-9-14-13-6-11-7-16(14)18(21)17(8-11)15(13)10-12;1-6-15(2,3)14(17)18-16(4,5)13-10-11-7-8-12(13)9-11;;;;;;;;;;/h2*13-19H,6-12H2,1-5H3;12-19H,5-11H2,1-4H3;11-18H,5-10H2,1-4H3;11-13H,6-10H2,1-5H3;10*1H4. The van der Waals surface area contributed by atoms with Crippen molar-refractivity contribution in [1.29, 1.82) is 0 Å². The second kappa shape index (κ2) is 36.7. The van der Waals surface area contributed by atoms with E-state index in [9.17, 15) is 24.0 Å². The lowest BCUT2D eigenvalue weighted by Crippen LogP contribution is -2.73. The molecule has 0 radical (unpaired) electrons. The van der Waals surface area contributed by atoms with Gasteiger partial charge in [-0.25, -0.2) is 0 Å². The van der Waals surface area contributed by atoms with Gasteiger partial charge in [0, 0.05) is 22.7 Å². The normalized spacial score (nSPS) is 44.4. The summed E-state index contributed by atoms with van der Waals surface area (Å²) in [7, 11) is 0. The third-order valence-corrected chi connectivity index (χ3v) is 43.8. The van der Waals surface area contributed by atoms with Gasteiger partial charge in [0.05, 0.1) is 32.7 Å². The van der Waals surface area contributed by atoms with Gasteiger partial charge in [0.2, 0.25) is 6.29 Å². The van der Waals surface area contributed by atoms with Gasteiger partial charge in [-0.2, -0.15) is 0 Å². The highest BCUT2D eigenvalue weighted by Gasteiger charge is 2.77. The summed E-state index contributed by atoms with van der Waals surface area (Å²) in [5.41, 5.74) is -2.39. The number of carbonyl (C=O) groups is 5. The predicted molar refractivity (Wildman–Crippen MR) is 523 cm³/mol. The molecule has 30 aliphatic rings. The van der Waals surface area contributed by atoms with Gasteiger partial charge < -0.3 is 28.4 Å². The average molecular weight is 1760 g/mol. The predicted octanol–water partition coefficient (Wildman–Crippen LogP) is 30.9. The molecule has 11 nitrogen and oxygen atoms in total. The molecule has 0 aromatic heterocycles. The Kier molecular flexibility index (Phi) is 31.7. The molecular weight excluding hydrogens is 1560 g/mol. The molecule has 30 fully saturated rings. The van der Waals surface area contributed by atoms with E-state index in [2.05, 4.69) is 69.2 Å². The summed E-state index contributed by atoms with van der Waals surface area (Å²) in [4.78, 5) is 63.3. The number of carbonyl (C=O) groups excluding carboxylic acids is 5. The third-order valence-electron chi connectivity index (χ3n) is 43.8. The van der Waals surface area contributed by atoms with Crippen LogP contribution in [0.4, 0.5) is 0 Å². The van der Waals surface area contributed by atoms with Gasteiger partial charge in [-0.05, 0) is 501 Å². The van der Waals surface area contributed by atoms with Crippen molar-refractivity contribution < 1.29 is 52.4 Å². The topological polar surface area (TPSA) is 141 Å². The maximum absolute atomic E-state index is 13.0. The first-order valence-electron chi connectivity index (χ1n) is 50.1. The van der Waals surface area contributed by atoms with Gasteiger partial charge in [0.25, 0.3) is 0 Å². The van der Waals surface area contributed by atoms with Gasteiger partial charge in [0.15, 0.2) is 0 Å². The van der Waals surface area contributed by atoms with Crippen LogP contribution in [0.2, 0.25) is 0 Å². The molecular formula is C115H206O11. The quantitative estimate of drug-likeness (QED) is 0.0653. The number of hydrogen-bond acceptors (Lipinski definition) is 11. The summed E-state index contributed by atoms with van der Waals surface area (Å²) in [6, 6.07) is 0. The van der Waals surface area contributed by atoms with Gasteiger partial charge in [-0.3, -0.25) is 24.0 Å². The molecule has 13 atom stereocenters. The smallest absolute Gasteiger partial charge is 0.313 e. The van der Waals surface area contributed by atoms with Crippen LogP contribution in [-0.4, -0.2) is 64.1 Å². The molecule has 0 saturated heterocycles. The molecule has 0 aromatic rings. The zero-order chi connectivity index (χ0) is 82.8. The summed E-state index contributed by atoms with van der Waals surface area (Å²) >= 11 is 0. The average Bonchev–Trinajstić information content (AvgIpc) is 0.681. The third kappa shape index (κ3) is 16.8. The van der Waals surface area contributed by atoms with Crippen molar-refractivity contribution >= 4 is 29.8 Å². The Labute approximate surface area is 778 Å². The number of hydrogen-bond donors (Lipinski definition) is 0. The fourth-order valence-corrected chi connectivity index (χ4v) is 36.4. The highest BCUT2D eigenvalue weighted by molar-refractivity contribution is 5.78. The lowest BCUT2D eigenvalue weighted by atomic mass is 9.28. The largest absolute Gasteiger partial charge is 0.459 e. The first-order chi connectivity index (χ1) is 54.3. The fourth-order valence-electron chi connectivity index (χ4n) is 36.4. The van der Waals surface area contributed by atoms with Crippen molar-refractivity contribution in [3.8, 4) is 0 Å². The van der Waals surface area contributed by atoms with Crippen LogP contribution >= 0.6 is 0 Å². The molecule has 732 valence electrons. The second-order valence-corrected chi connectivity index (χ2v) is 51.7. The number of fused-ring (bicyclic) bond motifs is 2. The lowest BCUT2D eigenvalue weighted by molar-refractivity contribution is -0.309. The molecule has 0 heterocycles. The van der Waals surface area contributed by atoms with Crippen LogP contribution in [0.5, 0.6) is 0 Å². The van der Waals surface area contributed by atoms with Crippen LogP contribution in [0, 0.1) is 227 Å². The molecule has 126 heavy (non-hydrogen) atoms. The zero-order valence-electron chi connectivity index (χ0n) is 77.7. The first kappa shape index (κ1) is 109. The lowest BCUT2D eigenvalue weighted by Gasteiger charge is -2.77. The summed E-state index contributed by atoms with van der Waals surface area (Å²) in [6.45, 7) is 48.0. The zero-order valence-corrected chi connectivity index (χ0v) is 77.7. The van der Waals surface area contributed by atoms with E-state index < -0.39 is 11.7 Å². The minimum atomic E-state index is -0.420. The molecule has 13 unspecified atom stereocenters. The summed E-state index contributed by atoms with van der Waals surface area (Å²) < 4.78 is 37.3. The van der Waals surface area contributed by atoms with E-state index in [1.807, 2.05) is 90.0 Å². The summed E-state index contributed by atoms with van der Waals surface area (Å²) in [6.07, 6.45) is 41.7. The molecule has 0 N–H and O–H groups in total. The Balaban J connectivity index is 0.000000192. The van der Waals surface area contributed by atoms with Gasteiger partial charge in [0.1, 0.15) is 22.4 Å². The van der Waals surface area contributed by atoms with E-state index in [1.165, 1.54) is 173 Å². The number of rotatable bonds is 20. The van der Waals surface area contributed by atoms with Crippen molar-refractivity contribution in [2.24, 2.45) is 227 Å². The fraction of sp³-hybridized carbons (Fsp3) is 0.957. The van der Waals surface area contributed by atoms with Gasteiger partial charge >= 0.3 is 29.8 Å². The van der Waals surface area contributed by atoms with Crippen LogP contribution in [0.15, 0.2) is 0 Å². The van der Waals surface area contributed by atoms with Crippen molar-refractivity contribution in [1.82, 2.24) is 0 Å². The molecule has 0 aliphatic heterocycles. The van der Waals surface area contributed by atoms with E-state index in [1.54, 1.807) is 0 Å². The Hall–Kier alpha value is -2.69. The minimum Gasteiger partial charge on any atom is -0.459 e. The summed E-state index contributed by atoms with van der Waals surface area (Å²) in [5.74, 6) is 29.4. The molecule has 0 spiro atoms. The highest BCUT2D eigenvalue weighted by Crippen LogP contribution is 2.81. The monoisotopic (exact) mass is 1760 g/mol. The molecule has 30 rings (SSSR count). The van der Waals surface area contributed by atoms with E-state index >= 15 is 0 Å². The second-order valence-electron chi connectivity index (χ2n) is 51.7. The van der Waals surface area contributed by atoms with E-state index in [4.69, 9.17) is 28.4 Å². The Morgan fingerprint density at radius 3 is 1.01 bits per heavy atom. The molecule has 34 bridgehead atoms. The van der Waals surface area contributed by atoms with Crippen LogP contribution in [0.25, 0.3) is 0 Å².